The fourth-order valence-electron chi connectivity index (χ4n) is 2.44. The summed E-state index contributed by atoms with van der Waals surface area (Å²) in [7, 11) is 0. The van der Waals surface area contributed by atoms with E-state index in [0.29, 0.717) is 4.34 Å². The van der Waals surface area contributed by atoms with E-state index in [1.807, 2.05) is 32.0 Å². The van der Waals surface area contributed by atoms with Crippen molar-refractivity contribution in [1.82, 2.24) is 10.2 Å². The van der Waals surface area contributed by atoms with Crippen LogP contribution in [0.3, 0.4) is 0 Å². The van der Waals surface area contributed by atoms with Gasteiger partial charge in [0, 0.05) is 5.69 Å². The minimum Gasteiger partial charge on any atom is -0.325 e. The van der Waals surface area contributed by atoms with Gasteiger partial charge in [0.1, 0.15) is 5.82 Å². The van der Waals surface area contributed by atoms with Crippen LogP contribution in [0.25, 0.3) is 0 Å². The molecule has 1 aromatic heterocycles. The van der Waals surface area contributed by atoms with Gasteiger partial charge in [-0.25, -0.2) is 4.39 Å². The molecule has 0 unspecified atom stereocenters. The lowest BCUT2D eigenvalue weighted by Gasteiger charge is -2.10. The number of halogens is 1. The molecule has 28 heavy (non-hydrogen) atoms. The van der Waals surface area contributed by atoms with Crippen LogP contribution in [0.4, 0.5) is 15.2 Å². The zero-order valence-electron chi connectivity index (χ0n) is 15.2. The molecule has 0 fully saturated rings. The van der Waals surface area contributed by atoms with Crippen molar-refractivity contribution in [3.05, 3.63) is 65.0 Å². The first-order valence-corrected chi connectivity index (χ1v) is 10.1. The third-order valence-electron chi connectivity index (χ3n) is 3.82. The number of amides is 2. The maximum atomic E-state index is 13.7. The Bertz CT molecular complexity index is 1000. The van der Waals surface area contributed by atoms with E-state index in [9.17, 15) is 14.0 Å². The smallest absolute Gasteiger partial charge is 0.260 e. The predicted molar refractivity (Wildman–Crippen MR) is 110 cm³/mol. The molecule has 0 bridgehead atoms. The maximum Gasteiger partial charge on any atom is 0.260 e. The second-order valence-corrected chi connectivity index (χ2v) is 8.11. The van der Waals surface area contributed by atoms with Crippen LogP contribution < -0.4 is 10.6 Å². The number of aromatic nitrogens is 2. The number of benzene rings is 2. The van der Waals surface area contributed by atoms with Crippen molar-refractivity contribution in [3.63, 3.8) is 0 Å². The topological polar surface area (TPSA) is 84.0 Å². The summed E-state index contributed by atoms with van der Waals surface area (Å²) in [4.78, 5) is 24.3. The Morgan fingerprint density at radius 2 is 1.75 bits per heavy atom. The molecule has 0 aliphatic carbocycles. The van der Waals surface area contributed by atoms with Crippen LogP contribution in [0.5, 0.6) is 0 Å². The van der Waals surface area contributed by atoms with Gasteiger partial charge in [0.05, 0.1) is 11.3 Å². The molecule has 6 nitrogen and oxygen atoms in total. The Labute approximate surface area is 169 Å². The van der Waals surface area contributed by atoms with E-state index in [4.69, 9.17) is 0 Å². The number of carbonyl (C=O) groups is 2. The Morgan fingerprint density at radius 1 is 1.04 bits per heavy atom. The number of para-hydroxylation sites is 1. The summed E-state index contributed by atoms with van der Waals surface area (Å²) in [5.74, 6) is -1.21. The molecule has 1 heterocycles. The van der Waals surface area contributed by atoms with Crippen LogP contribution >= 0.6 is 23.1 Å². The molecule has 144 valence electrons. The lowest BCUT2D eigenvalue weighted by Crippen LogP contribution is -2.15. The van der Waals surface area contributed by atoms with Gasteiger partial charge in [-0.3, -0.25) is 14.9 Å². The predicted octanol–water partition coefficient (Wildman–Crippen LogP) is 4.28. The van der Waals surface area contributed by atoms with E-state index in [1.54, 1.807) is 6.07 Å². The highest BCUT2D eigenvalue weighted by Crippen LogP contribution is 2.26. The van der Waals surface area contributed by atoms with E-state index in [-0.39, 0.29) is 22.4 Å². The number of carbonyl (C=O) groups excluding carboxylic acids is 2. The number of thioether (sulfide) groups is 1. The van der Waals surface area contributed by atoms with Crippen LogP contribution in [0.1, 0.15) is 21.5 Å². The highest BCUT2D eigenvalue weighted by atomic mass is 32.2. The van der Waals surface area contributed by atoms with Crippen molar-refractivity contribution in [2.24, 2.45) is 0 Å². The van der Waals surface area contributed by atoms with Gasteiger partial charge < -0.3 is 5.32 Å². The molecule has 0 saturated carbocycles. The van der Waals surface area contributed by atoms with Crippen LogP contribution in [-0.2, 0) is 4.79 Å². The minimum atomic E-state index is -0.609. The summed E-state index contributed by atoms with van der Waals surface area (Å²) < 4.78 is 14.2. The molecule has 0 radical (unpaired) electrons. The van der Waals surface area contributed by atoms with Crippen molar-refractivity contribution in [1.29, 1.82) is 0 Å². The van der Waals surface area contributed by atoms with Crippen LogP contribution in [0, 0.1) is 19.7 Å². The number of aryl methyl sites for hydroxylation is 2. The third-order valence-corrected chi connectivity index (χ3v) is 5.79. The van der Waals surface area contributed by atoms with Gasteiger partial charge in [0.2, 0.25) is 11.0 Å². The van der Waals surface area contributed by atoms with E-state index in [1.165, 1.54) is 30.0 Å². The first-order valence-electron chi connectivity index (χ1n) is 8.32. The Hall–Kier alpha value is -2.78. The number of hydrogen-bond donors (Lipinski definition) is 2. The number of anilines is 2. The van der Waals surface area contributed by atoms with Crippen molar-refractivity contribution < 1.29 is 14.0 Å². The summed E-state index contributed by atoms with van der Waals surface area (Å²) in [5, 5.41) is 13.5. The van der Waals surface area contributed by atoms with Crippen molar-refractivity contribution in [3.8, 4) is 0 Å². The molecule has 0 atom stereocenters. The monoisotopic (exact) mass is 416 g/mol. The molecule has 2 amide bonds. The average molecular weight is 417 g/mol. The molecular formula is C19H17FN4O2S2. The molecule has 0 aliphatic rings. The second-order valence-electron chi connectivity index (χ2n) is 5.91. The van der Waals surface area contributed by atoms with Crippen molar-refractivity contribution in [2.45, 2.75) is 18.2 Å². The molecule has 9 heteroatoms. The SMILES string of the molecule is Cc1cccc(C)c1NC(=O)CSc1nnc(NC(=O)c2ccccc2F)s1. The van der Waals surface area contributed by atoms with Crippen LogP contribution in [0.15, 0.2) is 46.8 Å². The Balaban J connectivity index is 1.55. The van der Waals surface area contributed by atoms with Gasteiger partial charge in [0.15, 0.2) is 4.34 Å². The van der Waals surface area contributed by atoms with Crippen molar-refractivity contribution in [2.75, 3.05) is 16.4 Å². The number of nitrogens with zero attached hydrogens (tertiary/aromatic N) is 2. The van der Waals surface area contributed by atoms with E-state index >= 15 is 0 Å². The number of hydrogen-bond acceptors (Lipinski definition) is 6. The zero-order valence-corrected chi connectivity index (χ0v) is 16.8. The Kier molecular flexibility index (Phi) is 6.37. The second kappa shape index (κ2) is 8.94. The number of nitrogens with one attached hydrogen (secondary N) is 2. The summed E-state index contributed by atoms with van der Waals surface area (Å²) in [6.45, 7) is 3.87. The molecule has 3 aromatic rings. The van der Waals surface area contributed by atoms with Gasteiger partial charge in [-0.15, -0.1) is 10.2 Å². The quantitative estimate of drug-likeness (QED) is 0.463. The first-order chi connectivity index (χ1) is 13.4. The van der Waals surface area contributed by atoms with E-state index in [2.05, 4.69) is 20.8 Å². The van der Waals surface area contributed by atoms with Gasteiger partial charge in [-0.1, -0.05) is 53.4 Å². The lowest BCUT2D eigenvalue weighted by molar-refractivity contribution is -0.113. The standard InChI is InChI=1S/C19H17FN4O2S2/c1-11-6-5-7-12(2)16(11)21-15(25)10-27-19-24-23-18(28-19)22-17(26)13-8-3-4-9-14(13)20/h3-9H,10H2,1-2H3,(H,21,25)(H,22,23,26). The highest BCUT2D eigenvalue weighted by Gasteiger charge is 2.15. The van der Waals surface area contributed by atoms with Crippen molar-refractivity contribution >= 4 is 45.7 Å². The summed E-state index contributed by atoms with van der Waals surface area (Å²) in [6, 6.07) is 11.5. The number of rotatable bonds is 6. The molecule has 0 saturated heterocycles. The molecule has 0 aliphatic heterocycles. The lowest BCUT2D eigenvalue weighted by atomic mass is 10.1. The molecule has 2 aromatic carbocycles. The molecule has 3 rings (SSSR count). The normalized spacial score (nSPS) is 10.5. The third kappa shape index (κ3) is 4.93. The van der Waals surface area contributed by atoms with Gasteiger partial charge in [0.25, 0.3) is 5.91 Å². The fraction of sp³-hybridized carbons (Fsp3) is 0.158. The van der Waals surface area contributed by atoms with Crippen LogP contribution in [-0.4, -0.2) is 27.8 Å². The summed E-state index contributed by atoms with van der Waals surface area (Å²) in [6.07, 6.45) is 0. The van der Waals surface area contributed by atoms with E-state index < -0.39 is 11.7 Å². The van der Waals surface area contributed by atoms with Crippen LogP contribution in [0.2, 0.25) is 0 Å². The largest absolute Gasteiger partial charge is 0.325 e. The van der Waals surface area contributed by atoms with E-state index in [0.717, 1.165) is 28.2 Å². The highest BCUT2D eigenvalue weighted by molar-refractivity contribution is 8.01. The Morgan fingerprint density at radius 3 is 2.46 bits per heavy atom. The van der Waals surface area contributed by atoms with Gasteiger partial charge >= 0.3 is 0 Å². The fourth-order valence-corrected chi connectivity index (χ4v) is 3.99. The van der Waals surface area contributed by atoms with Gasteiger partial charge in [-0.05, 0) is 37.1 Å². The first kappa shape index (κ1) is 20.0. The maximum absolute atomic E-state index is 13.7. The average Bonchev–Trinajstić information content (AvgIpc) is 3.11. The summed E-state index contributed by atoms with van der Waals surface area (Å²) >= 11 is 2.34. The molecule has 0 spiro atoms. The zero-order chi connectivity index (χ0) is 20.1. The minimum absolute atomic E-state index is 0.0696. The molecular weight excluding hydrogens is 399 g/mol. The molecule has 2 N–H and O–H groups in total. The van der Waals surface area contributed by atoms with Gasteiger partial charge in [-0.2, -0.15) is 0 Å². The summed E-state index contributed by atoms with van der Waals surface area (Å²) in [5.41, 5.74) is 2.72.